The maximum atomic E-state index is 12.5. The summed E-state index contributed by atoms with van der Waals surface area (Å²) in [5.41, 5.74) is 2.20. The first-order valence-electron chi connectivity index (χ1n) is 10.0. The van der Waals surface area contributed by atoms with E-state index >= 15 is 0 Å². The van der Waals surface area contributed by atoms with Gasteiger partial charge in [0.05, 0.1) is 11.7 Å². The fraction of sp³-hybridized carbons (Fsp3) is 0.333. The number of hydrogen-bond donors (Lipinski definition) is 2. The van der Waals surface area contributed by atoms with Crippen molar-refractivity contribution in [2.24, 2.45) is 5.92 Å². The molecule has 0 unspecified atom stereocenters. The predicted molar refractivity (Wildman–Crippen MR) is 128 cm³/mol. The van der Waals surface area contributed by atoms with Crippen LogP contribution in [-0.4, -0.2) is 38.7 Å². The Morgan fingerprint density at radius 1 is 1.23 bits per heavy atom. The van der Waals surface area contributed by atoms with Gasteiger partial charge < -0.3 is 10.6 Å². The zero-order valence-electron chi connectivity index (χ0n) is 17.0. The lowest BCUT2D eigenvalue weighted by atomic mass is 9.96. The molecule has 31 heavy (non-hydrogen) atoms. The van der Waals surface area contributed by atoms with Gasteiger partial charge in [0, 0.05) is 30.9 Å². The number of aryl methyl sites for hydroxylation is 1. The molecule has 7 nitrogen and oxygen atoms in total. The molecule has 0 bridgehead atoms. The number of carbonyl (C=O) groups excluding carboxylic acids is 1. The summed E-state index contributed by atoms with van der Waals surface area (Å²) in [5.74, 6) is 0.499. The van der Waals surface area contributed by atoms with Crippen LogP contribution in [0.4, 0.5) is 16.6 Å². The number of piperidine rings is 1. The molecule has 162 valence electrons. The van der Waals surface area contributed by atoms with E-state index in [1.54, 1.807) is 12.1 Å². The van der Waals surface area contributed by atoms with Crippen LogP contribution in [-0.2, 0) is 11.5 Å². The molecule has 0 spiro atoms. The zero-order valence-corrected chi connectivity index (χ0v) is 19.4. The largest absolute Gasteiger partial charge is 0.330 e. The van der Waals surface area contributed by atoms with Gasteiger partial charge in [0.25, 0.3) is 0 Å². The molecular weight excluding hydrogens is 452 g/mol. The number of aromatic nitrogens is 3. The molecule has 1 amide bonds. The Hall–Kier alpha value is -2.33. The lowest BCUT2D eigenvalue weighted by molar-refractivity contribution is -0.121. The van der Waals surface area contributed by atoms with Crippen molar-refractivity contribution in [3.05, 3.63) is 57.1 Å². The zero-order chi connectivity index (χ0) is 21.8. The van der Waals surface area contributed by atoms with Gasteiger partial charge in [0.2, 0.25) is 11.0 Å². The average Bonchev–Trinajstić information content (AvgIpc) is 3.10. The Labute approximate surface area is 195 Å². The molecule has 0 radical (unpaired) electrons. The van der Waals surface area contributed by atoms with Gasteiger partial charge in [-0.15, -0.1) is 5.10 Å². The lowest BCUT2D eigenvalue weighted by Gasteiger charge is -2.30. The molecule has 2 N–H and O–H groups in total. The third-order valence-corrected chi connectivity index (χ3v) is 6.63. The highest BCUT2D eigenvalue weighted by atomic mass is 35.5. The van der Waals surface area contributed by atoms with E-state index in [1.165, 1.54) is 23.1 Å². The number of nitrogens with one attached hydrogen (secondary N) is 2. The minimum absolute atomic E-state index is 0.00401. The topological polar surface area (TPSA) is 75.1 Å². The van der Waals surface area contributed by atoms with Gasteiger partial charge in [0.15, 0.2) is 3.95 Å². The first-order valence-corrected chi connectivity index (χ1v) is 11.6. The Morgan fingerprint density at radius 2 is 1.97 bits per heavy atom. The number of carbonyl (C=O) groups is 1. The number of halogens is 1. The lowest BCUT2D eigenvalue weighted by Crippen LogP contribution is -2.39. The monoisotopic (exact) mass is 474 g/mol. The van der Waals surface area contributed by atoms with Crippen molar-refractivity contribution in [1.82, 2.24) is 19.7 Å². The molecule has 4 rings (SSSR count). The van der Waals surface area contributed by atoms with Crippen molar-refractivity contribution in [2.45, 2.75) is 26.4 Å². The minimum atomic E-state index is -0.0316. The van der Waals surface area contributed by atoms with Crippen molar-refractivity contribution in [3.8, 4) is 0 Å². The van der Waals surface area contributed by atoms with E-state index in [9.17, 15) is 4.79 Å². The smallest absolute Gasteiger partial charge is 0.228 e. The molecule has 1 fully saturated rings. The van der Waals surface area contributed by atoms with Crippen molar-refractivity contribution in [2.75, 3.05) is 23.7 Å². The van der Waals surface area contributed by atoms with Crippen LogP contribution >= 0.6 is 35.2 Å². The Balaban J connectivity index is 1.29. The summed E-state index contributed by atoms with van der Waals surface area (Å²) in [6, 6.07) is 11.6. The SMILES string of the molecule is Cc1ccc(Nc2nn(CN3CCC(C(=O)Nc4ccc(Cl)cn4)CC3)c(=S)s2)cc1. The van der Waals surface area contributed by atoms with E-state index in [4.69, 9.17) is 23.8 Å². The highest BCUT2D eigenvalue weighted by molar-refractivity contribution is 7.73. The summed E-state index contributed by atoms with van der Waals surface area (Å²) in [6.07, 6.45) is 3.09. The first-order chi connectivity index (χ1) is 15.0. The van der Waals surface area contributed by atoms with Gasteiger partial charge in [-0.3, -0.25) is 9.69 Å². The van der Waals surface area contributed by atoms with Crippen LogP contribution in [0, 0.1) is 16.8 Å². The quantitative estimate of drug-likeness (QED) is 0.485. The highest BCUT2D eigenvalue weighted by Gasteiger charge is 2.25. The summed E-state index contributed by atoms with van der Waals surface area (Å²) in [4.78, 5) is 18.9. The van der Waals surface area contributed by atoms with Crippen molar-refractivity contribution >= 4 is 57.7 Å². The van der Waals surface area contributed by atoms with Gasteiger partial charge in [-0.25, -0.2) is 9.67 Å². The molecule has 1 aliphatic rings. The van der Waals surface area contributed by atoms with Crippen LogP contribution in [0.5, 0.6) is 0 Å². The molecule has 0 atom stereocenters. The van der Waals surface area contributed by atoms with Crippen LogP contribution in [0.2, 0.25) is 5.02 Å². The van der Waals surface area contributed by atoms with Crippen molar-refractivity contribution in [1.29, 1.82) is 0 Å². The molecule has 10 heteroatoms. The van der Waals surface area contributed by atoms with E-state index < -0.39 is 0 Å². The maximum Gasteiger partial charge on any atom is 0.228 e. The summed E-state index contributed by atoms with van der Waals surface area (Å²) in [5, 5.41) is 12.1. The number of benzene rings is 1. The van der Waals surface area contributed by atoms with Crippen LogP contribution in [0.15, 0.2) is 42.6 Å². The molecule has 3 aromatic rings. The van der Waals surface area contributed by atoms with Crippen LogP contribution in [0.3, 0.4) is 0 Å². The number of nitrogens with zero attached hydrogens (tertiary/aromatic N) is 4. The van der Waals surface area contributed by atoms with Crippen LogP contribution in [0.25, 0.3) is 0 Å². The molecule has 1 aromatic carbocycles. The van der Waals surface area contributed by atoms with Gasteiger partial charge in [-0.1, -0.05) is 40.6 Å². The summed E-state index contributed by atoms with van der Waals surface area (Å²) >= 11 is 12.8. The highest BCUT2D eigenvalue weighted by Crippen LogP contribution is 2.23. The van der Waals surface area contributed by atoms with Crippen molar-refractivity contribution < 1.29 is 4.79 Å². The number of rotatable bonds is 6. The Morgan fingerprint density at radius 3 is 2.65 bits per heavy atom. The predicted octanol–water partition coefficient (Wildman–Crippen LogP) is 5.08. The third kappa shape index (κ3) is 5.88. The number of hydrogen-bond acceptors (Lipinski definition) is 7. The molecule has 2 aromatic heterocycles. The van der Waals surface area contributed by atoms with Gasteiger partial charge in [-0.05, 0) is 56.2 Å². The fourth-order valence-corrected chi connectivity index (χ4v) is 4.54. The minimum Gasteiger partial charge on any atom is -0.330 e. The molecule has 0 saturated carbocycles. The standard InChI is InChI=1S/C21H23ClN6OS2/c1-14-2-5-17(6-3-14)24-20-26-28(21(30)31-20)13-27-10-8-15(9-11-27)19(29)25-18-7-4-16(22)12-23-18/h2-7,12,15H,8-11,13H2,1H3,(H,24,26)(H,23,25,29). The molecular formula is C21H23ClN6OS2. The number of amides is 1. The molecule has 1 aliphatic heterocycles. The molecule has 1 saturated heterocycles. The van der Waals surface area contributed by atoms with E-state index in [0.717, 1.165) is 40.7 Å². The first kappa shape index (κ1) is 21.9. The Bertz CT molecular complexity index is 1090. The summed E-state index contributed by atoms with van der Waals surface area (Å²) in [7, 11) is 0. The number of pyridine rings is 1. The van der Waals surface area contributed by atoms with Crippen molar-refractivity contribution in [3.63, 3.8) is 0 Å². The molecule has 3 heterocycles. The van der Waals surface area contributed by atoms with Crippen LogP contribution in [0.1, 0.15) is 18.4 Å². The summed E-state index contributed by atoms with van der Waals surface area (Å²) in [6.45, 7) is 4.31. The summed E-state index contributed by atoms with van der Waals surface area (Å²) < 4.78 is 2.57. The number of anilines is 3. The van der Waals surface area contributed by atoms with Crippen LogP contribution < -0.4 is 10.6 Å². The number of likely N-dealkylation sites (tertiary alicyclic amines) is 1. The fourth-order valence-electron chi connectivity index (χ4n) is 3.41. The van der Waals surface area contributed by atoms with E-state index in [1.807, 2.05) is 16.8 Å². The second kappa shape index (κ2) is 9.86. The van der Waals surface area contributed by atoms with Gasteiger partial charge in [-0.2, -0.15) is 0 Å². The second-order valence-electron chi connectivity index (χ2n) is 7.55. The van der Waals surface area contributed by atoms with Gasteiger partial charge in [0.1, 0.15) is 5.82 Å². The second-order valence-corrected chi connectivity index (χ2v) is 9.61. The molecule has 0 aliphatic carbocycles. The normalized spacial score (nSPS) is 15.0. The van der Waals surface area contributed by atoms with E-state index in [0.29, 0.717) is 17.5 Å². The maximum absolute atomic E-state index is 12.5. The van der Waals surface area contributed by atoms with E-state index in [-0.39, 0.29) is 11.8 Å². The van der Waals surface area contributed by atoms with Gasteiger partial charge >= 0.3 is 0 Å². The third-order valence-electron chi connectivity index (χ3n) is 5.18. The van der Waals surface area contributed by atoms with E-state index in [2.05, 4.69) is 44.7 Å². The average molecular weight is 475 g/mol. The Kier molecular flexibility index (Phi) is 6.96.